The van der Waals surface area contributed by atoms with Crippen LogP contribution in [-0.2, 0) is 0 Å². The third kappa shape index (κ3) is 2.76. The molecule has 0 amide bonds. The fraction of sp³-hybridized carbons (Fsp3) is 0.625. The number of hydrogen-bond acceptors (Lipinski definition) is 2. The Kier molecular flexibility index (Phi) is 3.43. The summed E-state index contributed by atoms with van der Waals surface area (Å²) in [5.41, 5.74) is 1.15. The molecule has 1 aromatic rings. The molecular formula is C16H19F3O2. The molecule has 1 atom stereocenters. The molecule has 5 heteroatoms. The topological polar surface area (TPSA) is 29.5 Å². The van der Waals surface area contributed by atoms with Crippen molar-refractivity contribution in [3.63, 3.8) is 0 Å². The highest BCUT2D eigenvalue weighted by Crippen LogP contribution is 2.49. The number of aliphatic hydroxyl groups is 1. The summed E-state index contributed by atoms with van der Waals surface area (Å²) >= 11 is 0. The zero-order valence-corrected chi connectivity index (χ0v) is 11.9. The summed E-state index contributed by atoms with van der Waals surface area (Å²) in [6.07, 6.45) is -3.54. The van der Waals surface area contributed by atoms with Gasteiger partial charge in [0, 0.05) is 12.0 Å². The second-order valence-corrected chi connectivity index (χ2v) is 6.36. The molecule has 1 aliphatic heterocycles. The van der Waals surface area contributed by atoms with Gasteiger partial charge in [-0.3, -0.25) is 0 Å². The monoisotopic (exact) mass is 300 g/mol. The number of aryl methyl sites for hydroxylation is 1. The van der Waals surface area contributed by atoms with Gasteiger partial charge in [-0.15, -0.1) is 0 Å². The summed E-state index contributed by atoms with van der Waals surface area (Å²) in [6, 6.07) is 5.59. The average Bonchev–Trinajstić information content (AvgIpc) is 2.39. The predicted molar refractivity (Wildman–Crippen MR) is 72.1 cm³/mol. The Morgan fingerprint density at radius 1 is 1.24 bits per heavy atom. The Hall–Kier alpha value is -1.23. The summed E-state index contributed by atoms with van der Waals surface area (Å²) < 4.78 is 44.3. The molecule has 1 heterocycles. The maximum absolute atomic E-state index is 12.8. The van der Waals surface area contributed by atoms with Crippen LogP contribution in [0.15, 0.2) is 18.2 Å². The molecule has 2 aliphatic rings. The third-order valence-electron chi connectivity index (χ3n) is 4.78. The van der Waals surface area contributed by atoms with Gasteiger partial charge in [0.05, 0.1) is 12.0 Å². The summed E-state index contributed by atoms with van der Waals surface area (Å²) in [7, 11) is 0. The second-order valence-electron chi connectivity index (χ2n) is 6.36. The Balaban J connectivity index is 1.79. The lowest BCUT2D eigenvalue weighted by Crippen LogP contribution is -2.46. The van der Waals surface area contributed by atoms with Gasteiger partial charge in [0.1, 0.15) is 11.4 Å². The maximum Gasteiger partial charge on any atom is 0.391 e. The Bertz CT molecular complexity index is 531. The quantitative estimate of drug-likeness (QED) is 0.774. The van der Waals surface area contributed by atoms with E-state index in [0.717, 1.165) is 11.1 Å². The Morgan fingerprint density at radius 3 is 2.52 bits per heavy atom. The van der Waals surface area contributed by atoms with E-state index in [1.807, 2.05) is 25.1 Å². The number of rotatable bonds is 0. The molecule has 1 N–H and O–H groups in total. The maximum atomic E-state index is 12.8. The van der Waals surface area contributed by atoms with Crippen LogP contribution in [0, 0.1) is 12.8 Å². The number of ether oxygens (including phenoxy) is 1. The summed E-state index contributed by atoms with van der Waals surface area (Å²) in [5.74, 6) is -0.618. The highest BCUT2D eigenvalue weighted by molar-refractivity contribution is 5.41. The van der Waals surface area contributed by atoms with Crippen LogP contribution in [0.3, 0.4) is 0 Å². The minimum atomic E-state index is -4.12. The van der Waals surface area contributed by atoms with Crippen LogP contribution < -0.4 is 4.74 Å². The highest BCUT2D eigenvalue weighted by atomic mass is 19.4. The van der Waals surface area contributed by atoms with Gasteiger partial charge in [0.2, 0.25) is 0 Å². The first-order valence-electron chi connectivity index (χ1n) is 7.33. The molecule has 1 spiro atoms. The Morgan fingerprint density at radius 2 is 1.90 bits per heavy atom. The van der Waals surface area contributed by atoms with Gasteiger partial charge < -0.3 is 9.84 Å². The van der Waals surface area contributed by atoms with E-state index in [1.165, 1.54) is 0 Å². The zero-order valence-electron chi connectivity index (χ0n) is 11.9. The van der Waals surface area contributed by atoms with E-state index in [2.05, 4.69) is 0 Å². The zero-order chi connectivity index (χ0) is 15.3. The molecule has 1 aromatic carbocycles. The number of aliphatic hydroxyl groups excluding tert-OH is 1. The van der Waals surface area contributed by atoms with Crippen LogP contribution in [0.5, 0.6) is 5.75 Å². The van der Waals surface area contributed by atoms with Gasteiger partial charge in [-0.25, -0.2) is 0 Å². The van der Waals surface area contributed by atoms with Crippen molar-refractivity contribution in [1.29, 1.82) is 0 Å². The van der Waals surface area contributed by atoms with Crippen LogP contribution in [0.2, 0.25) is 0 Å². The van der Waals surface area contributed by atoms with Crippen molar-refractivity contribution in [2.45, 2.75) is 56.9 Å². The van der Waals surface area contributed by atoms with Crippen molar-refractivity contribution in [2.75, 3.05) is 0 Å². The summed E-state index contributed by atoms with van der Waals surface area (Å²) in [6.45, 7) is 1.94. The molecule has 21 heavy (non-hydrogen) atoms. The molecule has 1 fully saturated rings. The molecule has 2 nitrogen and oxygen atoms in total. The molecule has 116 valence electrons. The second kappa shape index (κ2) is 4.90. The van der Waals surface area contributed by atoms with E-state index >= 15 is 0 Å². The fourth-order valence-electron chi connectivity index (χ4n) is 3.54. The van der Waals surface area contributed by atoms with Crippen molar-refractivity contribution in [3.05, 3.63) is 29.3 Å². The van der Waals surface area contributed by atoms with E-state index < -0.39 is 23.8 Å². The van der Waals surface area contributed by atoms with Crippen LogP contribution in [-0.4, -0.2) is 16.9 Å². The van der Waals surface area contributed by atoms with E-state index in [1.54, 1.807) is 0 Å². The number of benzene rings is 1. The van der Waals surface area contributed by atoms with Crippen molar-refractivity contribution in [2.24, 2.45) is 5.92 Å². The molecule has 3 rings (SSSR count). The predicted octanol–water partition coefficient (Wildman–Crippen LogP) is 4.30. The molecule has 1 unspecified atom stereocenters. The molecule has 1 aliphatic carbocycles. The van der Waals surface area contributed by atoms with Gasteiger partial charge in [0.15, 0.2) is 0 Å². The van der Waals surface area contributed by atoms with Crippen molar-refractivity contribution >= 4 is 0 Å². The molecule has 1 saturated carbocycles. The summed E-state index contributed by atoms with van der Waals surface area (Å²) in [5, 5.41) is 10.3. The van der Waals surface area contributed by atoms with Gasteiger partial charge >= 0.3 is 6.18 Å². The van der Waals surface area contributed by atoms with Gasteiger partial charge in [-0.05, 0) is 44.7 Å². The molecule has 0 radical (unpaired) electrons. The standard InChI is InChI=1S/C16H19F3O2/c1-10-2-3-14-12(8-10)13(20)9-15(21-14)6-4-11(5-7-15)16(17,18)19/h2-3,8,11,13,20H,4-7,9H2,1H3. The van der Waals surface area contributed by atoms with Crippen LogP contribution in [0.1, 0.15) is 49.3 Å². The molecular weight excluding hydrogens is 281 g/mol. The SMILES string of the molecule is Cc1ccc2c(c1)C(O)CC1(CCC(C(F)(F)F)CC1)O2. The first-order chi connectivity index (χ1) is 9.79. The minimum Gasteiger partial charge on any atom is -0.487 e. The molecule has 0 bridgehead atoms. The van der Waals surface area contributed by atoms with Crippen molar-refractivity contribution < 1.29 is 23.0 Å². The number of halogens is 3. The van der Waals surface area contributed by atoms with E-state index in [0.29, 0.717) is 25.0 Å². The lowest BCUT2D eigenvalue weighted by Gasteiger charge is -2.45. The number of fused-ring (bicyclic) bond motifs is 1. The fourth-order valence-corrected chi connectivity index (χ4v) is 3.54. The molecule has 0 aromatic heterocycles. The highest BCUT2D eigenvalue weighted by Gasteiger charge is 2.49. The first-order valence-corrected chi connectivity index (χ1v) is 7.33. The van der Waals surface area contributed by atoms with Gasteiger partial charge in [-0.2, -0.15) is 13.2 Å². The largest absolute Gasteiger partial charge is 0.487 e. The number of hydrogen-bond donors (Lipinski definition) is 1. The molecule has 0 saturated heterocycles. The van der Waals surface area contributed by atoms with Crippen LogP contribution >= 0.6 is 0 Å². The van der Waals surface area contributed by atoms with Crippen molar-refractivity contribution in [1.82, 2.24) is 0 Å². The lowest BCUT2D eigenvalue weighted by atomic mass is 9.73. The van der Waals surface area contributed by atoms with E-state index in [9.17, 15) is 18.3 Å². The normalized spacial score (nSPS) is 32.6. The van der Waals surface area contributed by atoms with E-state index in [-0.39, 0.29) is 12.8 Å². The summed E-state index contributed by atoms with van der Waals surface area (Å²) in [4.78, 5) is 0. The van der Waals surface area contributed by atoms with Gasteiger partial charge in [-0.1, -0.05) is 11.6 Å². The smallest absolute Gasteiger partial charge is 0.391 e. The van der Waals surface area contributed by atoms with Crippen molar-refractivity contribution in [3.8, 4) is 5.75 Å². The lowest BCUT2D eigenvalue weighted by molar-refractivity contribution is -0.193. The third-order valence-corrected chi connectivity index (χ3v) is 4.78. The average molecular weight is 300 g/mol. The number of alkyl halides is 3. The van der Waals surface area contributed by atoms with Gasteiger partial charge in [0.25, 0.3) is 0 Å². The van der Waals surface area contributed by atoms with Crippen LogP contribution in [0.25, 0.3) is 0 Å². The van der Waals surface area contributed by atoms with Crippen LogP contribution in [0.4, 0.5) is 13.2 Å². The first kappa shape index (κ1) is 14.7. The Labute approximate surface area is 121 Å². The van der Waals surface area contributed by atoms with E-state index in [4.69, 9.17) is 4.74 Å². The minimum absolute atomic E-state index is 0.0808.